The van der Waals surface area contributed by atoms with Crippen molar-refractivity contribution in [3.63, 3.8) is 0 Å². The fourth-order valence-corrected chi connectivity index (χ4v) is 3.95. The first-order valence-corrected chi connectivity index (χ1v) is 10.5. The van der Waals surface area contributed by atoms with E-state index in [-0.39, 0.29) is 10.6 Å². The molecule has 4 rings (SSSR count). The maximum Gasteiger partial charge on any atom is 0.276 e. The number of aromatic amines is 1. The highest BCUT2D eigenvalue weighted by Crippen LogP contribution is 2.39. The van der Waals surface area contributed by atoms with Gasteiger partial charge in [0.25, 0.3) is 15.9 Å². The van der Waals surface area contributed by atoms with Crippen LogP contribution in [-0.2, 0) is 10.0 Å². The van der Waals surface area contributed by atoms with E-state index < -0.39 is 15.9 Å². The average molecular weight is 417 g/mol. The Balaban J connectivity index is 1.49. The van der Waals surface area contributed by atoms with Crippen molar-refractivity contribution in [1.29, 1.82) is 0 Å². The highest BCUT2D eigenvalue weighted by molar-refractivity contribution is 7.92. The van der Waals surface area contributed by atoms with Crippen LogP contribution < -0.4 is 10.0 Å². The Hall–Kier alpha value is -2.84. The maximum absolute atomic E-state index is 12.6. The lowest BCUT2D eigenvalue weighted by Crippen LogP contribution is -2.15. The van der Waals surface area contributed by atoms with E-state index in [9.17, 15) is 13.2 Å². The molecule has 0 atom stereocenters. The third-order valence-electron chi connectivity index (χ3n) is 4.35. The van der Waals surface area contributed by atoms with Crippen molar-refractivity contribution >= 4 is 38.9 Å². The molecule has 1 fully saturated rings. The van der Waals surface area contributed by atoms with Gasteiger partial charge in [-0.1, -0.05) is 17.7 Å². The Morgan fingerprint density at radius 3 is 2.54 bits per heavy atom. The smallest absolute Gasteiger partial charge is 0.276 e. The summed E-state index contributed by atoms with van der Waals surface area (Å²) in [6.07, 6.45) is 2.20. The molecule has 3 aromatic rings. The first kappa shape index (κ1) is 18.5. The summed E-state index contributed by atoms with van der Waals surface area (Å²) in [6, 6.07) is 14.1. The fraction of sp³-hybridized carbons (Fsp3) is 0.158. The normalized spacial score (nSPS) is 13.9. The topological polar surface area (TPSA) is 104 Å². The second-order valence-corrected chi connectivity index (χ2v) is 8.70. The van der Waals surface area contributed by atoms with Crippen molar-refractivity contribution in [3.05, 3.63) is 71.0 Å². The Labute approximate surface area is 167 Å². The van der Waals surface area contributed by atoms with E-state index in [1.807, 2.05) is 0 Å². The van der Waals surface area contributed by atoms with E-state index in [1.165, 1.54) is 12.1 Å². The van der Waals surface area contributed by atoms with E-state index in [1.54, 1.807) is 42.5 Å². The Bertz CT molecular complexity index is 1120. The van der Waals surface area contributed by atoms with Crippen LogP contribution in [0.25, 0.3) is 0 Å². The summed E-state index contributed by atoms with van der Waals surface area (Å²) in [7, 11) is -3.81. The summed E-state index contributed by atoms with van der Waals surface area (Å²) >= 11 is 5.82. The number of amides is 1. The summed E-state index contributed by atoms with van der Waals surface area (Å²) in [4.78, 5) is 12.4. The molecule has 1 aliphatic rings. The van der Waals surface area contributed by atoms with Gasteiger partial charge in [0, 0.05) is 28.0 Å². The number of nitrogens with one attached hydrogen (secondary N) is 3. The number of anilines is 2. The molecule has 0 unspecified atom stereocenters. The monoisotopic (exact) mass is 416 g/mol. The molecule has 0 bridgehead atoms. The van der Waals surface area contributed by atoms with Crippen LogP contribution in [0.1, 0.15) is 34.9 Å². The molecule has 1 aromatic heterocycles. The van der Waals surface area contributed by atoms with E-state index in [0.717, 1.165) is 18.5 Å². The van der Waals surface area contributed by atoms with Crippen LogP contribution >= 0.6 is 11.6 Å². The lowest BCUT2D eigenvalue weighted by Gasteiger charge is -2.10. The molecule has 0 spiro atoms. The second-order valence-electron chi connectivity index (χ2n) is 6.58. The van der Waals surface area contributed by atoms with Gasteiger partial charge in [0.1, 0.15) is 0 Å². The number of hydrogen-bond acceptors (Lipinski definition) is 4. The standard InChI is InChI=1S/C19H17ClN4O3S/c20-13-6-8-14(9-7-13)24-28(26,27)16-3-1-2-15(10-16)21-19(25)18-11-17(22-23-18)12-4-5-12/h1-3,6-12,24H,4-5H2,(H,21,25)(H,22,23). The first-order chi connectivity index (χ1) is 13.4. The number of carbonyl (C=O) groups is 1. The van der Waals surface area contributed by atoms with Crippen molar-refractivity contribution in [2.75, 3.05) is 10.0 Å². The van der Waals surface area contributed by atoms with Crippen molar-refractivity contribution in [3.8, 4) is 0 Å². The largest absolute Gasteiger partial charge is 0.321 e. The number of rotatable bonds is 6. The zero-order valence-electron chi connectivity index (χ0n) is 14.6. The van der Waals surface area contributed by atoms with E-state index in [0.29, 0.717) is 22.3 Å². The van der Waals surface area contributed by atoms with Gasteiger partial charge >= 0.3 is 0 Å². The third kappa shape index (κ3) is 4.18. The maximum atomic E-state index is 12.6. The molecule has 1 heterocycles. The van der Waals surface area contributed by atoms with Crippen molar-refractivity contribution in [2.45, 2.75) is 23.7 Å². The number of carbonyl (C=O) groups excluding carboxylic acids is 1. The molecule has 7 nitrogen and oxygen atoms in total. The first-order valence-electron chi connectivity index (χ1n) is 8.66. The van der Waals surface area contributed by atoms with Gasteiger partial charge in [0.15, 0.2) is 5.69 Å². The van der Waals surface area contributed by atoms with Crippen LogP contribution in [0.3, 0.4) is 0 Å². The highest BCUT2D eigenvalue weighted by atomic mass is 35.5. The summed E-state index contributed by atoms with van der Waals surface area (Å²) in [5.41, 5.74) is 1.98. The summed E-state index contributed by atoms with van der Waals surface area (Å²) < 4.78 is 27.7. The van der Waals surface area contributed by atoms with Gasteiger partial charge in [-0.3, -0.25) is 14.6 Å². The van der Waals surface area contributed by atoms with Gasteiger partial charge in [-0.25, -0.2) is 8.42 Å². The number of hydrogen-bond donors (Lipinski definition) is 3. The highest BCUT2D eigenvalue weighted by Gasteiger charge is 2.26. The SMILES string of the molecule is O=C(Nc1cccc(S(=O)(=O)Nc2ccc(Cl)cc2)c1)c1cc(C2CC2)[nH]n1. The van der Waals surface area contributed by atoms with Crippen LogP contribution in [0, 0.1) is 0 Å². The number of aromatic nitrogens is 2. The molecule has 1 aliphatic carbocycles. The number of benzene rings is 2. The van der Waals surface area contributed by atoms with Gasteiger partial charge in [-0.15, -0.1) is 0 Å². The average Bonchev–Trinajstić information content (AvgIpc) is 3.40. The summed E-state index contributed by atoms with van der Waals surface area (Å²) in [5.74, 6) is 0.0600. The molecule has 0 saturated heterocycles. The molecular weight excluding hydrogens is 400 g/mol. The van der Waals surface area contributed by atoms with Crippen LogP contribution in [0.15, 0.2) is 59.5 Å². The van der Waals surface area contributed by atoms with Gasteiger partial charge in [-0.05, 0) is 61.4 Å². The van der Waals surface area contributed by atoms with Crippen LogP contribution in [0.5, 0.6) is 0 Å². The van der Waals surface area contributed by atoms with Gasteiger partial charge in [-0.2, -0.15) is 5.10 Å². The minimum Gasteiger partial charge on any atom is -0.321 e. The lowest BCUT2D eigenvalue weighted by molar-refractivity contribution is 0.102. The molecule has 28 heavy (non-hydrogen) atoms. The quantitative estimate of drug-likeness (QED) is 0.565. The van der Waals surface area contributed by atoms with Gasteiger partial charge in [0.05, 0.1) is 4.90 Å². The van der Waals surface area contributed by atoms with Gasteiger partial charge < -0.3 is 5.32 Å². The molecule has 1 amide bonds. The fourth-order valence-electron chi connectivity index (χ4n) is 2.72. The van der Waals surface area contributed by atoms with Crippen molar-refractivity contribution < 1.29 is 13.2 Å². The lowest BCUT2D eigenvalue weighted by atomic mass is 10.2. The minimum atomic E-state index is -3.81. The van der Waals surface area contributed by atoms with Crippen LogP contribution in [0.2, 0.25) is 5.02 Å². The minimum absolute atomic E-state index is 0.0287. The summed E-state index contributed by atoms with van der Waals surface area (Å²) in [5, 5.41) is 10.1. The van der Waals surface area contributed by atoms with Gasteiger partial charge in [0.2, 0.25) is 0 Å². The van der Waals surface area contributed by atoms with E-state index in [2.05, 4.69) is 20.2 Å². The molecule has 2 aromatic carbocycles. The van der Waals surface area contributed by atoms with Crippen molar-refractivity contribution in [2.24, 2.45) is 0 Å². The number of sulfonamides is 1. The summed E-state index contributed by atoms with van der Waals surface area (Å²) in [6.45, 7) is 0. The van der Waals surface area contributed by atoms with Crippen LogP contribution in [-0.4, -0.2) is 24.5 Å². The molecule has 3 N–H and O–H groups in total. The molecule has 0 aliphatic heterocycles. The number of H-pyrrole nitrogens is 1. The number of nitrogens with zero attached hydrogens (tertiary/aromatic N) is 1. The zero-order chi connectivity index (χ0) is 19.7. The van der Waals surface area contributed by atoms with E-state index in [4.69, 9.17) is 11.6 Å². The van der Waals surface area contributed by atoms with E-state index >= 15 is 0 Å². The van der Waals surface area contributed by atoms with Crippen LogP contribution in [0.4, 0.5) is 11.4 Å². The molecule has 144 valence electrons. The third-order valence-corrected chi connectivity index (χ3v) is 5.98. The second kappa shape index (κ2) is 7.29. The predicted molar refractivity (Wildman–Crippen MR) is 107 cm³/mol. The predicted octanol–water partition coefficient (Wildman–Crippen LogP) is 3.99. The Kier molecular flexibility index (Phi) is 4.82. The Morgan fingerprint density at radius 2 is 1.82 bits per heavy atom. The Morgan fingerprint density at radius 1 is 1.07 bits per heavy atom. The molecule has 0 radical (unpaired) electrons. The zero-order valence-corrected chi connectivity index (χ0v) is 16.2. The molecule has 9 heteroatoms. The molecular formula is C19H17ClN4O3S. The number of halogens is 1. The molecule has 1 saturated carbocycles. The van der Waals surface area contributed by atoms with Crippen molar-refractivity contribution in [1.82, 2.24) is 10.2 Å².